The van der Waals surface area contributed by atoms with Gasteiger partial charge in [0.05, 0.1) is 17.8 Å². The fourth-order valence-corrected chi connectivity index (χ4v) is 2.17. The van der Waals surface area contributed by atoms with E-state index in [0.717, 1.165) is 12.4 Å². The van der Waals surface area contributed by atoms with Crippen molar-refractivity contribution in [1.82, 2.24) is 4.98 Å². The number of nitrogens with zero attached hydrogens (tertiary/aromatic N) is 1. The molecule has 0 spiro atoms. The third kappa shape index (κ3) is 1.52. The molecule has 0 saturated heterocycles. The maximum absolute atomic E-state index is 13.6. The Bertz CT molecular complexity index is 418. The first kappa shape index (κ1) is 11.2. The Balaban J connectivity index is 2.49. The van der Waals surface area contributed by atoms with E-state index in [2.05, 4.69) is 4.98 Å². The number of pyridine rings is 1. The first-order valence-corrected chi connectivity index (χ1v) is 5.33. The van der Waals surface area contributed by atoms with E-state index in [9.17, 15) is 13.6 Å². The summed E-state index contributed by atoms with van der Waals surface area (Å²) < 4.78 is 27.1. The molecule has 0 radical (unpaired) electrons. The van der Waals surface area contributed by atoms with Crippen molar-refractivity contribution in [2.24, 2.45) is 5.92 Å². The monoisotopic (exact) mass is 225 g/mol. The van der Waals surface area contributed by atoms with Crippen LogP contribution >= 0.6 is 0 Å². The number of carbonyl (C=O) groups excluding carboxylic acids is 1. The summed E-state index contributed by atoms with van der Waals surface area (Å²) in [4.78, 5) is 15.4. The smallest absolute Gasteiger partial charge is 0.148 e. The van der Waals surface area contributed by atoms with Gasteiger partial charge in [-0.05, 0) is 12.8 Å². The molecule has 2 rings (SSSR count). The molecule has 0 aromatic carbocycles. The minimum atomic E-state index is -0.925. The van der Waals surface area contributed by atoms with Gasteiger partial charge in [0, 0.05) is 11.5 Å². The second kappa shape index (κ2) is 3.61. The molecule has 1 aromatic rings. The predicted molar refractivity (Wildman–Crippen MR) is 54.9 cm³/mol. The highest BCUT2D eigenvalue weighted by atomic mass is 19.1. The van der Waals surface area contributed by atoms with Crippen molar-refractivity contribution in [3.05, 3.63) is 29.6 Å². The summed E-state index contributed by atoms with van der Waals surface area (Å²) in [5.41, 5.74) is -1.02. The van der Waals surface area contributed by atoms with Gasteiger partial charge >= 0.3 is 0 Å². The average molecular weight is 225 g/mol. The summed E-state index contributed by atoms with van der Waals surface area (Å²) in [5, 5.41) is 0. The first-order valence-electron chi connectivity index (χ1n) is 5.33. The Morgan fingerprint density at radius 1 is 1.31 bits per heavy atom. The third-order valence-electron chi connectivity index (χ3n) is 3.08. The number of rotatable bonds is 3. The van der Waals surface area contributed by atoms with Gasteiger partial charge in [0.25, 0.3) is 0 Å². The van der Waals surface area contributed by atoms with Crippen LogP contribution in [0.2, 0.25) is 0 Å². The Kier molecular flexibility index (Phi) is 2.52. The number of carbonyl (C=O) groups is 1. The molecule has 0 atom stereocenters. The average Bonchev–Trinajstić information content (AvgIpc) is 2.97. The molecule has 1 heterocycles. The molecule has 1 saturated carbocycles. The lowest BCUT2D eigenvalue weighted by molar-refractivity contribution is -0.124. The highest BCUT2D eigenvalue weighted by molar-refractivity contribution is 5.94. The molecular formula is C12H13F2NO. The number of Topliss-reactive ketones (excluding diaryl/α,β-unsaturated/α-hetero) is 1. The molecule has 4 heteroatoms. The van der Waals surface area contributed by atoms with Crippen LogP contribution in [-0.4, -0.2) is 10.8 Å². The molecule has 1 fully saturated rings. The van der Waals surface area contributed by atoms with E-state index in [4.69, 9.17) is 0 Å². The summed E-state index contributed by atoms with van der Waals surface area (Å²) in [6.07, 6.45) is 2.99. The van der Waals surface area contributed by atoms with Crippen LogP contribution in [0.25, 0.3) is 0 Å². The maximum Gasteiger partial charge on any atom is 0.148 e. The van der Waals surface area contributed by atoms with E-state index in [-0.39, 0.29) is 17.3 Å². The van der Waals surface area contributed by atoms with E-state index in [1.807, 2.05) is 0 Å². The second-order valence-electron chi connectivity index (χ2n) is 4.58. The Morgan fingerprint density at radius 3 is 2.19 bits per heavy atom. The number of halogens is 2. The van der Waals surface area contributed by atoms with Gasteiger partial charge in [-0.15, -0.1) is 0 Å². The van der Waals surface area contributed by atoms with Gasteiger partial charge in [-0.25, -0.2) is 8.78 Å². The summed E-state index contributed by atoms with van der Waals surface area (Å²) in [5.74, 6) is -1.73. The minimum Gasteiger partial charge on any atom is -0.298 e. The lowest BCUT2D eigenvalue weighted by Gasteiger charge is -2.17. The van der Waals surface area contributed by atoms with Crippen LogP contribution in [0.4, 0.5) is 8.78 Å². The molecule has 0 N–H and O–H groups in total. The largest absolute Gasteiger partial charge is 0.298 e. The van der Waals surface area contributed by atoms with Gasteiger partial charge in [-0.3, -0.25) is 9.78 Å². The van der Waals surface area contributed by atoms with Crippen LogP contribution < -0.4 is 0 Å². The number of aromatic nitrogens is 1. The zero-order chi connectivity index (χ0) is 11.9. The standard InChI is InChI=1S/C12H13F2NO/c1-7(2)11(16)12(3-4-12)10-8(13)5-15-6-9(10)14/h5-7H,3-4H2,1-2H3. The van der Waals surface area contributed by atoms with Crippen LogP contribution in [0.3, 0.4) is 0 Å². The zero-order valence-electron chi connectivity index (χ0n) is 9.26. The summed E-state index contributed by atoms with van der Waals surface area (Å²) in [6, 6.07) is 0. The van der Waals surface area contributed by atoms with Gasteiger partial charge in [0.15, 0.2) is 0 Å². The van der Waals surface area contributed by atoms with Crippen molar-refractivity contribution in [2.75, 3.05) is 0 Å². The van der Waals surface area contributed by atoms with Gasteiger partial charge in [0.1, 0.15) is 17.4 Å². The first-order chi connectivity index (χ1) is 7.49. The van der Waals surface area contributed by atoms with Crippen LogP contribution in [0.1, 0.15) is 32.3 Å². The van der Waals surface area contributed by atoms with Gasteiger partial charge < -0.3 is 0 Å². The Hall–Kier alpha value is -1.32. The molecule has 1 aliphatic carbocycles. The molecule has 0 bridgehead atoms. The normalized spacial score (nSPS) is 17.6. The van der Waals surface area contributed by atoms with Crippen LogP contribution in [0.5, 0.6) is 0 Å². The van der Waals surface area contributed by atoms with Crippen molar-refractivity contribution in [1.29, 1.82) is 0 Å². The van der Waals surface area contributed by atoms with E-state index in [1.54, 1.807) is 13.8 Å². The number of hydrogen-bond donors (Lipinski definition) is 0. The molecule has 0 unspecified atom stereocenters. The fraction of sp³-hybridized carbons (Fsp3) is 0.500. The SMILES string of the molecule is CC(C)C(=O)C1(c2c(F)cncc2F)CC1. The lowest BCUT2D eigenvalue weighted by atomic mass is 9.86. The summed E-state index contributed by atoms with van der Waals surface area (Å²) in [7, 11) is 0. The van der Waals surface area contributed by atoms with Crippen molar-refractivity contribution < 1.29 is 13.6 Å². The van der Waals surface area contributed by atoms with Crippen LogP contribution in [-0.2, 0) is 10.2 Å². The highest BCUT2D eigenvalue weighted by Gasteiger charge is 2.54. The molecule has 1 aliphatic rings. The van der Waals surface area contributed by atoms with E-state index in [1.165, 1.54) is 0 Å². The van der Waals surface area contributed by atoms with E-state index < -0.39 is 17.0 Å². The van der Waals surface area contributed by atoms with E-state index in [0.29, 0.717) is 12.8 Å². The predicted octanol–water partition coefficient (Wildman–Crippen LogP) is 2.62. The summed E-state index contributed by atoms with van der Waals surface area (Å²) >= 11 is 0. The summed E-state index contributed by atoms with van der Waals surface area (Å²) in [6.45, 7) is 3.50. The van der Waals surface area contributed by atoms with Crippen molar-refractivity contribution in [3.8, 4) is 0 Å². The Labute approximate surface area is 92.7 Å². The van der Waals surface area contributed by atoms with Crippen molar-refractivity contribution in [2.45, 2.75) is 32.1 Å². The topological polar surface area (TPSA) is 30.0 Å². The molecule has 0 aliphatic heterocycles. The van der Waals surface area contributed by atoms with Gasteiger partial charge in [-0.1, -0.05) is 13.8 Å². The number of hydrogen-bond acceptors (Lipinski definition) is 2. The van der Waals surface area contributed by atoms with Gasteiger partial charge in [-0.2, -0.15) is 0 Å². The molecule has 2 nitrogen and oxygen atoms in total. The highest BCUT2D eigenvalue weighted by Crippen LogP contribution is 2.51. The van der Waals surface area contributed by atoms with Gasteiger partial charge in [0.2, 0.25) is 0 Å². The van der Waals surface area contributed by atoms with Crippen LogP contribution in [0, 0.1) is 17.6 Å². The van der Waals surface area contributed by atoms with Crippen LogP contribution in [0.15, 0.2) is 12.4 Å². The lowest BCUT2D eigenvalue weighted by Crippen LogP contribution is -2.27. The molecular weight excluding hydrogens is 212 g/mol. The maximum atomic E-state index is 13.6. The fourth-order valence-electron chi connectivity index (χ4n) is 2.17. The Morgan fingerprint density at radius 2 is 1.81 bits per heavy atom. The second-order valence-corrected chi connectivity index (χ2v) is 4.58. The third-order valence-corrected chi connectivity index (χ3v) is 3.08. The zero-order valence-corrected chi connectivity index (χ0v) is 9.26. The minimum absolute atomic E-state index is 0.0866. The number of ketones is 1. The van der Waals surface area contributed by atoms with E-state index >= 15 is 0 Å². The quantitative estimate of drug-likeness (QED) is 0.791. The molecule has 1 aromatic heterocycles. The molecule has 16 heavy (non-hydrogen) atoms. The molecule has 0 amide bonds. The molecule has 86 valence electrons. The van der Waals surface area contributed by atoms with Crippen molar-refractivity contribution >= 4 is 5.78 Å². The van der Waals surface area contributed by atoms with Crippen molar-refractivity contribution in [3.63, 3.8) is 0 Å².